The molecule has 0 saturated heterocycles. The topological polar surface area (TPSA) is 70.0 Å². The molecule has 1 aromatic heterocycles. The maximum absolute atomic E-state index is 11.7. The third-order valence-electron chi connectivity index (χ3n) is 2.26. The largest absolute Gasteiger partial charge is 0.384 e. The van der Waals surface area contributed by atoms with Crippen LogP contribution >= 0.6 is 15.9 Å². The van der Waals surface area contributed by atoms with Crippen LogP contribution in [0.2, 0.25) is 0 Å². The predicted octanol–water partition coefficient (Wildman–Crippen LogP) is 0.692. The molecule has 1 rings (SSSR count). The Morgan fingerprint density at radius 1 is 1.40 bits per heavy atom. The highest BCUT2D eigenvalue weighted by Crippen LogP contribution is 2.12. The minimum absolute atomic E-state index is 0.205. The molecular formula is C9H14BrN3O2. The van der Waals surface area contributed by atoms with E-state index in [0.29, 0.717) is 6.54 Å². The van der Waals surface area contributed by atoms with Gasteiger partial charge in [0.1, 0.15) is 10.3 Å². The van der Waals surface area contributed by atoms with Crippen molar-refractivity contribution in [3.63, 3.8) is 0 Å². The van der Waals surface area contributed by atoms with Crippen molar-refractivity contribution < 1.29 is 0 Å². The Morgan fingerprint density at radius 3 is 2.53 bits per heavy atom. The Kier molecular flexibility index (Phi) is 3.73. The molecule has 84 valence electrons. The summed E-state index contributed by atoms with van der Waals surface area (Å²) in [4.78, 5) is 23.2. The molecule has 0 spiro atoms. The van der Waals surface area contributed by atoms with E-state index in [1.807, 2.05) is 6.92 Å². The molecule has 2 N–H and O–H groups in total. The minimum atomic E-state index is -0.398. The molecule has 0 bridgehead atoms. The van der Waals surface area contributed by atoms with Gasteiger partial charge in [-0.25, -0.2) is 4.79 Å². The maximum Gasteiger partial charge on any atom is 0.332 e. The first kappa shape index (κ1) is 12.0. The van der Waals surface area contributed by atoms with Gasteiger partial charge in [0.15, 0.2) is 0 Å². The molecule has 0 atom stereocenters. The molecule has 15 heavy (non-hydrogen) atoms. The molecule has 0 radical (unpaired) electrons. The fourth-order valence-corrected chi connectivity index (χ4v) is 1.76. The molecule has 0 fully saturated rings. The second kappa shape index (κ2) is 4.65. The molecule has 1 heterocycles. The number of halogens is 1. The first-order valence-corrected chi connectivity index (χ1v) is 5.54. The molecule has 6 heteroatoms. The van der Waals surface area contributed by atoms with E-state index < -0.39 is 5.56 Å². The highest BCUT2D eigenvalue weighted by molar-refractivity contribution is 9.10. The summed E-state index contributed by atoms with van der Waals surface area (Å²) in [5.41, 5.74) is 4.93. The van der Waals surface area contributed by atoms with Crippen LogP contribution in [0, 0.1) is 0 Å². The van der Waals surface area contributed by atoms with Crippen LogP contribution in [0.1, 0.15) is 19.8 Å². The van der Waals surface area contributed by atoms with Crippen molar-refractivity contribution >= 4 is 21.7 Å². The number of unbranched alkanes of at least 4 members (excludes halogenated alkanes) is 1. The molecule has 0 aliphatic carbocycles. The minimum Gasteiger partial charge on any atom is -0.384 e. The molecule has 0 aliphatic heterocycles. The zero-order chi connectivity index (χ0) is 11.6. The van der Waals surface area contributed by atoms with Gasteiger partial charge >= 0.3 is 5.69 Å². The molecule has 1 aromatic rings. The van der Waals surface area contributed by atoms with Crippen LogP contribution < -0.4 is 17.0 Å². The van der Waals surface area contributed by atoms with Crippen molar-refractivity contribution in [2.45, 2.75) is 26.3 Å². The number of hydrogen-bond donors (Lipinski definition) is 1. The average molecular weight is 276 g/mol. The third-order valence-corrected chi connectivity index (χ3v) is 3.01. The fraction of sp³-hybridized carbons (Fsp3) is 0.556. The number of anilines is 1. The van der Waals surface area contributed by atoms with E-state index in [1.165, 1.54) is 11.6 Å². The number of nitrogens with zero attached hydrogens (tertiary/aromatic N) is 2. The lowest BCUT2D eigenvalue weighted by Gasteiger charge is -2.11. The summed E-state index contributed by atoms with van der Waals surface area (Å²) in [6, 6.07) is 0. The number of nitrogen functional groups attached to an aromatic ring is 1. The predicted molar refractivity (Wildman–Crippen MR) is 63.0 cm³/mol. The summed E-state index contributed by atoms with van der Waals surface area (Å²) < 4.78 is 2.71. The summed E-state index contributed by atoms with van der Waals surface area (Å²) in [5.74, 6) is 0.205. The molecule has 5 nitrogen and oxygen atoms in total. The lowest BCUT2D eigenvalue weighted by atomic mass is 10.3. The molecular weight excluding hydrogens is 262 g/mol. The fourth-order valence-electron chi connectivity index (χ4n) is 1.28. The summed E-state index contributed by atoms with van der Waals surface area (Å²) in [6.07, 6.45) is 1.82. The standard InChI is InChI=1S/C9H14BrN3O2/c1-3-4-5-13-7(11)6(10)8(14)12(2)9(13)15/h3-5,11H2,1-2H3. The summed E-state index contributed by atoms with van der Waals surface area (Å²) in [7, 11) is 1.44. The number of aromatic nitrogens is 2. The number of rotatable bonds is 3. The van der Waals surface area contributed by atoms with Crippen LogP contribution in [-0.4, -0.2) is 9.13 Å². The van der Waals surface area contributed by atoms with Gasteiger partial charge in [-0.1, -0.05) is 13.3 Å². The second-order valence-electron chi connectivity index (χ2n) is 3.35. The average Bonchev–Trinajstić information content (AvgIpc) is 2.24. The number of nitrogens with two attached hydrogens (primary N) is 1. The second-order valence-corrected chi connectivity index (χ2v) is 4.14. The van der Waals surface area contributed by atoms with Gasteiger partial charge in [-0.3, -0.25) is 13.9 Å². The van der Waals surface area contributed by atoms with Crippen LogP contribution in [0.15, 0.2) is 14.1 Å². The van der Waals surface area contributed by atoms with Crippen molar-refractivity contribution in [3.05, 3.63) is 25.3 Å². The molecule has 0 unspecified atom stereocenters. The van der Waals surface area contributed by atoms with Gasteiger partial charge < -0.3 is 5.73 Å². The van der Waals surface area contributed by atoms with Gasteiger partial charge in [0.05, 0.1) is 0 Å². The summed E-state index contributed by atoms with van der Waals surface area (Å²) >= 11 is 3.09. The summed E-state index contributed by atoms with van der Waals surface area (Å²) in [6.45, 7) is 2.56. The first-order valence-electron chi connectivity index (χ1n) is 4.75. The normalized spacial score (nSPS) is 10.6. The monoisotopic (exact) mass is 275 g/mol. The van der Waals surface area contributed by atoms with E-state index in [-0.39, 0.29) is 16.0 Å². The van der Waals surface area contributed by atoms with E-state index in [1.54, 1.807) is 0 Å². The van der Waals surface area contributed by atoms with Crippen molar-refractivity contribution in [1.29, 1.82) is 0 Å². The highest BCUT2D eigenvalue weighted by Gasteiger charge is 2.11. The first-order chi connectivity index (χ1) is 7.00. The van der Waals surface area contributed by atoms with E-state index in [2.05, 4.69) is 15.9 Å². The van der Waals surface area contributed by atoms with E-state index >= 15 is 0 Å². The number of hydrogen-bond acceptors (Lipinski definition) is 3. The Labute approximate surface area is 95.6 Å². The van der Waals surface area contributed by atoms with Gasteiger partial charge in [0, 0.05) is 13.6 Å². The van der Waals surface area contributed by atoms with Gasteiger partial charge in [0.2, 0.25) is 0 Å². The van der Waals surface area contributed by atoms with Crippen LogP contribution in [0.25, 0.3) is 0 Å². The van der Waals surface area contributed by atoms with E-state index in [9.17, 15) is 9.59 Å². The maximum atomic E-state index is 11.7. The smallest absolute Gasteiger partial charge is 0.332 e. The van der Waals surface area contributed by atoms with E-state index in [4.69, 9.17) is 5.73 Å². The van der Waals surface area contributed by atoms with Gasteiger partial charge in [-0.05, 0) is 22.4 Å². The SMILES string of the molecule is CCCCn1c(N)c(Br)c(=O)n(C)c1=O. The Hall–Kier alpha value is -1.04. The third kappa shape index (κ3) is 2.14. The Morgan fingerprint density at radius 2 is 2.00 bits per heavy atom. The van der Waals surface area contributed by atoms with Crippen molar-refractivity contribution in [2.75, 3.05) is 5.73 Å². The highest BCUT2D eigenvalue weighted by atomic mass is 79.9. The van der Waals surface area contributed by atoms with Gasteiger partial charge in [0.25, 0.3) is 5.56 Å². The van der Waals surface area contributed by atoms with Gasteiger partial charge in [-0.15, -0.1) is 0 Å². The van der Waals surface area contributed by atoms with Crippen LogP contribution in [0.3, 0.4) is 0 Å². The van der Waals surface area contributed by atoms with Crippen LogP contribution in [0.5, 0.6) is 0 Å². The lowest BCUT2D eigenvalue weighted by Crippen LogP contribution is -2.39. The lowest BCUT2D eigenvalue weighted by molar-refractivity contribution is 0.572. The zero-order valence-electron chi connectivity index (χ0n) is 8.79. The molecule has 0 saturated carbocycles. The van der Waals surface area contributed by atoms with E-state index in [0.717, 1.165) is 17.4 Å². The van der Waals surface area contributed by atoms with Crippen molar-refractivity contribution in [1.82, 2.24) is 9.13 Å². The zero-order valence-corrected chi connectivity index (χ0v) is 10.4. The van der Waals surface area contributed by atoms with Gasteiger partial charge in [-0.2, -0.15) is 0 Å². The Bertz CT molecular complexity index is 475. The summed E-state index contributed by atoms with van der Waals surface area (Å²) in [5, 5.41) is 0. The van der Waals surface area contributed by atoms with Crippen LogP contribution in [-0.2, 0) is 13.6 Å². The molecule has 0 aliphatic rings. The Balaban J connectivity index is 3.39. The van der Waals surface area contributed by atoms with Crippen molar-refractivity contribution in [3.8, 4) is 0 Å². The quantitative estimate of drug-likeness (QED) is 0.883. The van der Waals surface area contributed by atoms with Crippen LogP contribution in [0.4, 0.5) is 5.82 Å². The molecule has 0 aromatic carbocycles. The molecule has 0 amide bonds. The van der Waals surface area contributed by atoms with Crippen molar-refractivity contribution in [2.24, 2.45) is 7.05 Å².